The van der Waals surface area contributed by atoms with Crippen molar-refractivity contribution in [3.8, 4) is 11.3 Å². The minimum Gasteiger partial charge on any atom is -0.394 e. The highest BCUT2D eigenvalue weighted by Crippen LogP contribution is 2.25. The number of aliphatic hydroxyl groups excluding tert-OH is 1. The number of aliphatic hydroxyl groups is 1. The number of carbonyl (C=O) groups is 2. The molecule has 3 heterocycles. The minimum absolute atomic E-state index is 0.142. The van der Waals surface area contributed by atoms with Crippen molar-refractivity contribution in [2.75, 3.05) is 25.1 Å². The molecule has 0 spiro atoms. The SMILES string of the molecule is CC(=O)Nc1cccc(-c2[nH]c(C(=O)NC3(CO)CCOCC3)[n+]3ccccc23)c1. The Morgan fingerprint density at radius 2 is 2.00 bits per heavy atom. The minimum atomic E-state index is -0.687. The molecule has 0 bridgehead atoms. The number of rotatable bonds is 5. The van der Waals surface area contributed by atoms with E-state index in [0.717, 1.165) is 16.8 Å². The maximum atomic E-state index is 13.2. The van der Waals surface area contributed by atoms with Crippen molar-refractivity contribution in [3.63, 3.8) is 0 Å². The van der Waals surface area contributed by atoms with Crippen LogP contribution in [0.15, 0.2) is 48.7 Å². The summed E-state index contributed by atoms with van der Waals surface area (Å²) in [5, 5.41) is 15.7. The Labute approximate surface area is 173 Å². The number of fused-ring (bicyclic) bond motifs is 1. The van der Waals surface area contributed by atoms with Gasteiger partial charge in [0.2, 0.25) is 5.91 Å². The summed E-state index contributed by atoms with van der Waals surface area (Å²) in [6, 6.07) is 13.1. The largest absolute Gasteiger partial charge is 0.394 e. The van der Waals surface area contributed by atoms with Gasteiger partial charge in [0.1, 0.15) is 0 Å². The van der Waals surface area contributed by atoms with Crippen molar-refractivity contribution < 1.29 is 23.8 Å². The topological polar surface area (TPSA) is 108 Å². The molecule has 1 aromatic carbocycles. The summed E-state index contributed by atoms with van der Waals surface area (Å²) in [4.78, 5) is 27.8. The number of hydrogen-bond acceptors (Lipinski definition) is 4. The maximum Gasteiger partial charge on any atom is 0.351 e. The lowest BCUT2D eigenvalue weighted by Gasteiger charge is -2.35. The van der Waals surface area contributed by atoms with E-state index in [0.29, 0.717) is 37.6 Å². The predicted molar refractivity (Wildman–Crippen MR) is 111 cm³/mol. The molecule has 2 aromatic heterocycles. The van der Waals surface area contributed by atoms with Gasteiger partial charge in [-0.25, -0.2) is 4.98 Å². The van der Waals surface area contributed by atoms with Crippen LogP contribution in [0.2, 0.25) is 0 Å². The molecule has 1 aliphatic rings. The lowest BCUT2D eigenvalue weighted by molar-refractivity contribution is -0.514. The number of benzene rings is 1. The van der Waals surface area contributed by atoms with Gasteiger partial charge in [-0.05, 0) is 37.1 Å². The van der Waals surface area contributed by atoms with E-state index in [1.54, 1.807) is 4.40 Å². The average Bonchev–Trinajstić information content (AvgIpc) is 3.14. The molecule has 1 aliphatic heterocycles. The first kappa shape index (κ1) is 20.1. The van der Waals surface area contributed by atoms with Gasteiger partial charge in [-0.2, -0.15) is 4.40 Å². The predicted octanol–water partition coefficient (Wildman–Crippen LogP) is 1.65. The van der Waals surface area contributed by atoms with Gasteiger partial charge in [0.05, 0.1) is 18.3 Å². The van der Waals surface area contributed by atoms with Crippen molar-refractivity contribution in [1.29, 1.82) is 0 Å². The summed E-state index contributed by atoms with van der Waals surface area (Å²) in [5.74, 6) is -0.0787. The fourth-order valence-electron chi connectivity index (χ4n) is 3.81. The van der Waals surface area contributed by atoms with Crippen molar-refractivity contribution in [1.82, 2.24) is 10.3 Å². The van der Waals surface area contributed by atoms with Crippen LogP contribution in [0.5, 0.6) is 0 Å². The van der Waals surface area contributed by atoms with Crippen LogP contribution in [-0.4, -0.2) is 47.3 Å². The Morgan fingerprint density at radius 1 is 1.20 bits per heavy atom. The van der Waals surface area contributed by atoms with Gasteiger partial charge >= 0.3 is 11.7 Å². The zero-order valence-corrected chi connectivity index (χ0v) is 16.8. The molecular formula is C22H25N4O4+. The van der Waals surface area contributed by atoms with Crippen molar-refractivity contribution in [2.24, 2.45) is 0 Å². The third-order valence-corrected chi connectivity index (χ3v) is 5.42. The molecule has 156 valence electrons. The Hall–Kier alpha value is -3.23. The molecule has 3 aromatic rings. The number of ether oxygens (including phenoxy) is 1. The number of hydrogen-bond donors (Lipinski definition) is 4. The zero-order chi connectivity index (χ0) is 21.1. The summed E-state index contributed by atoms with van der Waals surface area (Å²) in [5.41, 5.74) is 2.42. The van der Waals surface area contributed by atoms with Gasteiger partial charge in [-0.3, -0.25) is 9.59 Å². The summed E-state index contributed by atoms with van der Waals surface area (Å²) >= 11 is 0. The molecule has 0 aliphatic carbocycles. The molecule has 8 nitrogen and oxygen atoms in total. The fraction of sp³-hybridized carbons (Fsp3) is 0.318. The number of amides is 2. The Bertz CT molecular complexity index is 1090. The first-order valence-electron chi connectivity index (χ1n) is 9.93. The van der Waals surface area contributed by atoms with E-state index in [1.165, 1.54) is 6.92 Å². The number of aromatic amines is 1. The van der Waals surface area contributed by atoms with Crippen LogP contribution < -0.4 is 15.0 Å². The highest BCUT2D eigenvalue weighted by atomic mass is 16.5. The molecule has 0 unspecified atom stereocenters. The van der Waals surface area contributed by atoms with E-state index in [1.807, 2.05) is 48.7 Å². The third-order valence-electron chi connectivity index (χ3n) is 5.42. The van der Waals surface area contributed by atoms with E-state index in [-0.39, 0.29) is 18.4 Å². The van der Waals surface area contributed by atoms with Gasteiger partial charge in [0, 0.05) is 31.4 Å². The molecule has 4 N–H and O–H groups in total. The molecule has 8 heteroatoms. The van der Waals surface area contributed by atoms with Gasteiger partial charge in [0.25, 0.3) is 0 Å². The van der Waals surface area contributed by atoms with E-state index in [4.69, 9.17) is 4.74 Å². The van der Waals surface area contributed by atoms with Crippen molar-refractivity contribution in [2.45, 2.75) is 25.3 Å². The first-order chi connectivity index (χ1) is 14.5. The molecule has 2 amide bonds. The first-order valence-corrected chi connectivity index (χ1v) is 9.93. The van der Waals surface area contributed by atoms with E-state index >= 15 is 0 Å². The van der Waals surface area contributed by atoms with Crippen LogP contribution in [0.25, 0.3) is 16.8 Å². The van der Waals surface area contributed by atoms with Gasteiger partial charge in [-0.15, -0.1) is 0 Å². The number of nitrogens with one attached hydrogen (secondary N) is 3. The Kier molecular flexibility index (Phi) is 5.52. The second-order valence-electron chi connectivity index (χ2n) is 7.57. The molecular weight excluding hydrogens is 384 g/mol. The van der Waals surface area contributed by atoms with Crippen LogP contribution in [0.1, 0.15) is 30.4 Å². The number of pyridine rings is 1. The number of H-pyrrole nitrogens is 1. The van der Waals surface area contributed by atoms with Gasteiger partial charge in [0.15, 0.2) is 11.2 Å². The highest BCUT2D eigenvalue weighted by Gasteiger charge is 2.37. The quantitative estimate of drug-likeness (QED) is 0.481. The van der Waals surface area contributed by atoms with Crippen LogP contribution in [0, 0.1) is 0 Å². The molecule has 0 atom stereocenters. The molecule has 4 rings (SSSR count). The van der Waals surface area contributed by atoms with E-state index < -0.39 is 5.54 Å². The number of imidazole rings is 1. The summed E-state index contributed by atoms with van der Waals surface area (Å²) in [6.45, 7) is 2.32. The third kappa shape index (κ3) is 3.92. The number of nitrogens with zero attached hydrogens (tertiary/aromatic N) is 1. The molecule has 1 saturated heterocycles. The lowest BCUT2D eigenvalue weighted by Crippen LogP contribution is -2.55. The molecule has 30 heavy (non-hydrogen) atoms. The van der Waals surface area contributed by atoms with E-state index in [2.05, 4.69) is 15.6 Å². The molecule has 0 saturated carbocycles. The fourth-order valence-corrected chi connectivity index (χ4v) is 3.81. The van der Waals surface area contributed by atoms with Crippen LogP contribution in [0.3, 0.4) is 0 Å². The standard InChI is InChI=1S/C22H24N4O4/c1-15(28)23-17-6-4-5-16(13-17)19-18-7-2-3-10-26(18)20(24-19)21(29)25-22(14-27)8-11-30-12-9-22/h2-7,10,13,27H,8-9,11-12,14H2,1H3,(H2,23,25,28,29)/p+1. The summed E-state index contributed by atoms with van der Waals surface area (Å²) < 4.78 is 7.17. The zero-order valence-electron chi connectivity index (χ0n) is 16.8. The second kappa shape index (κ2) is 8.25. The van der Waals surface area contributed by atoms with E-state index in [9.17, 15) is 14.7 Å². The van der Waals surface area contributed by atoms with Crippen molar-refractivity contribution in [3.05, 3.63) is 54.5 Å². The molecule has 0 radical (unpaired) electrons. The summed E-state index contributed by atoms with van der Waals surface area (Å²) in [6.07, 6.45) is 2.94. The smallest absolute Gasteiger partial charge is 0.351 e. The van der Waals surface area contributed by atoms with Gasteiger partial charge in [-0.1, -0.05) is 18.2 Å². The number of carbonyl (C=O) groups excluding carboxylic acids is 2. The molecule has 1 fully saturated rings. The maximum absolute atomic E-state index is 13.2. The average molecular weight is 409 g/mol. The monoisotopic (exact) mass is 409 g/mol. The van der Waals surface area contributed by atoms with Crippen molar-refractivity contribution >= 4 is 23.0 Å². The second-order valence-corrected chi connectivity index (χ2v) is 7.57. The Morgan fingerprint density at radius 3 is 2.73 bits per heavy atom. The Balaban J connectivity index is 1.72. The van der Waals surface area contributed by atoms with Crippen LogP contribution in [0.4, 0.5) is 5.69 Å². The van der Waals surface area contributed by atoms with Crippen LogP contribution in [-0.2, 0) is 9.53 Å². The number of aromatic nitrogens is 2. The summed E-state index contributed by atoms with van der Waals surface area (Å²) in [7, 11) is 0. The lowest BCUT2D eigenvalue weighted by atomic mass is 9.91. The normalized spacial score (nSPS) is 15.7. The van der Waals surface area contributed by atoms with Gasteiger partial charge < -0.3 is 20.5 Å². The van der Waals surface area contributed by atoms with Crippen LogP contribution >= 0.6 is 0 Å². The highest BCUT2D eigenvalue weighted by molar-refractivity contribution is 5.93. The number of anilines is 1.